The fraction of sp³-hybridized carbons (Fsp3) is 0.350. The quantitative estimate of drug-likeness (QED) is 0.616. The maximum Gasteiger partial charge on any atom is 0.234 e. The molecule has 126 valence electrons. The highest BCUT2D eigenvalue weighted by atomic mass is 32.2. The second-order valence-electron chi connectivity index (χ2n) is 6.05. The highest BCUT2D eigenvalue weighted by molar-refractivity contribution is 7.99. The Balaban J connectivity index is 1.41. The van der Waals surface area contributed by atoms with E-state index in [0.717, 1.165) is 25.1 Å². The molecular formula is C20H24N2OS. The lowest BCUT2D eigenvalue weighted by atomic mass is 10.0. The highest BCUT2D eigenvalue weighted by Crippen LogP contribution is 2.31. The molecule has 2 aromatic rings. The van der Waals surface area contributed by atoms with Crippen LogP contribution < -0.4 is 5.32 Å². The maximum atomic E-state index is 12.2. The molecular weight excluding hydrogens is 316 g/mol. The zero-order valence-electron chi connectivity index (χ0n) is 13.9. The molecule has 1 N–H and O–H groups in total. The van der Waals surface area contributed by atoms with Gasteiger partial charge in [-0.25, -0.2) is 0 Å². The standard InChI is InChI=1S/C20H24N2OS/c23-20(21-13-15-24-18-10-5-2-6-11-18)16-22-14-7-12-19(22)17-8-3-1-4-9-17/h1-6,8-11,19H,7,12-16H2,(H,21,23). The van der Waals surface area contributed by atoms with E-state index in [-0.39, 0.29) is 5.91 Å². The zero-order chi connectivity index (χ0) is 16.6. The van der Waals surface area contributed by atoms with Gasteiger partial charge in [-0.3, -0.25) is 9.69 Å². The minimum absolute atomic E-state index is 0.131. The normalized spacial score (nSPS) is 17.8. The van der Waals surface area contributed by atoms with Gasteiger partial charge in [-0.2, -0.15) is 0 Å². The number of thioether (sulfide) groups is 1. The molecule has 1 saturated heterocycles. The minimum atomic E-state index is 0.131. The molecule has 0 spiro atoms. The van der Waals surface area contributed by atoms with Crippen molar-refractivity contribution >= 4 is 17.7 Å². The van der Waals surface area contributed by atoms with Crippen LogP contribution in [-0.4, -0.2) is 36.2 Å². The van der Waals surface area contributed by atoms with Crippen molar-refractivity contribution in [3.8, 4) is 0 Å². The molecule has 1 atom stereocenters. The molecule has 1 amide bonds. The van der Waals surface area contributed by atoms with Crippen molar-refractivity contribution in [3.63, 3.8) is 0 Å². The van der Waals surface area contributed by atoms with E-state index in [9.17, 15) is 4.79 Å². The van der Waals surface area contributed by atoms with Gasteiger partial charge in [0.1, 0.15) is 0 Å². The van der Waals surface area contributed by atoms with E-state index in [4.69, 9.17) is 0 Å². The van der Waals surface area contributed by atoms with Crippen LogP contribution in [-0.2, 0) is 4.79 Å². The average Bonchev–Trinajstić information content (AvgIpc) is 3.08. The lowest BCUT2D eigenvalue weighted by Crippen LogP contribution is -2.37. The molecule has 1 aliphatic rings. The Kier molecular flexibility index (Phi) is 6.33. The number of nitrogens with zero attached hydrogens (tertiary/aromatic N) is 1. The van der Waals surface area contributed by atoms with Gasteiger partial charge in [0, 0.05) is 23.2 Å². The Morgan fingerprint density at radius 2 is 1.79 bits per heavy atom. The first-order valence-corrected chi connectivity index (χ1v) is 9.55. The van der Waals surface area contributed by atoms with Crippen molar-refractivity contribution in [1.29, 1.82) is 0 Å². The van der Waals surface area contributed by atoms with E-state index in [0.29, 0.717) is 19.1 Å². The second kappa shape index (κ2) is 8.90. The molecule has 2 aromatic carbocycles. The maximum absolute atomic E-state index is 12.2. The molecule has 3 rings (SSSR count). The third kappa shape index (κ3) is 4.86. The molecule has 4 heteroatoms. The highest BCUT2D eigenvalue weighted by Gasteiger charge is 2.27. The molecule has 0 aromatic heterocycles. The predicted molar refractivity (Wildman–Crippen MR) is 100 cm³/mol. The lowest BCUT2D eigenvalue weighted by molar-refractivity contribution is -0.122. The summed E-state index contributed by atoms with van der Waals surface area (Å²) in [5, 5.41) is 3.05. The first-order valence-electron chi connectivity index (χ1n) is 8.56. The number of hydrogen-bond acceptors (Lipinski definition) is 3. The molecule has 0 aliphatic carbocycles. The van der Waals surface area contributed by atoms with Crippen LogP contribution in [0.5, 0.6) is 0 Å². The van der Waals surface area contributed by atoms with Gasteiger partial charge in [0.15, 0.2) is 0 Å². The number of hydrogen-bond donors (Lipinski definition) is 1. The molecule has 3 nitrogen and oxygen atoms in total. The largest absolute Gasteiger partial charge is 0.354 e. The summed E-state index contributed by atoms with van der Waals surface area (Å²) < 4.78 is 0. The topological polar surface area (TPSA) is 32.3 Å². The Bertz CT molecular complexity index is 633. The Hall–Kier alpha value is -1.78. The van der Waals surface area contributed by atoms with Gasteiger partial charge in [-0.1, -0.05) is 48.5 Å². The number of amides is 1. The van der Waals surface area contributed by atoms with E-state index in [1.807, 2.05) is 24.3 Å². The third-order valence-corrected chi connectivity index (χ3v) is 5.34. The number of carbonyl (C=O) groups is 1. The van der Waals surface area contributed by atoms with E-state index in [1.54, 1.807) is 11.8 Å². The summed E-state index contributed by atoms with van der Waals surface area (Å²) in [5.41, 5.74) is 1.32. The van der Waals surface area contributed by atoms with Crippen molar-refractivity contribution in [2.24, 2.45) is 0 Å². The molecule has 0 bridgehead atoms. The summed E-state index contributed by atoms with van der Waals surface area (Å²) in [6.07, 6.45) is 2.30. The predicted octanol–water partition coefficient (Wildman–Crippen LogP) is 3.73. The number of rotatable bonds is 7. The summed E-state index contributed by atoms with van der Waals surface area (Å²) in [6.45, 7) is 2.21. The van der Waals surface area contributed by atoms with Crippen LogP contribution >= 0.6 is 11.8 Å². The molecule has 1 fully saturated rings. The fourth-order valence-electron chi connectivity index (χ4n) is 3.18. The lowest BCUT2D eigenvalue weighted by Gasteiger charge is -2.24. The number of benzene rings is 2. The first-order chi connectivity index (χ1) is 11.8. The molecule has 24 heavy (non-hydrogen) atoms. The van der Waals surface area contributed by atoms with Gasteiger partial charge in [0.25, 0.3) is 0 Å². The second-order valence-corrected chi connectivity index (χ2v) is 7.22. The number of carbonyl (C=O) groups excluding carboxylic acids is 1. The summed E-state index contributed by atoms with van der Waals surface area (Å²) >= 11 is 1.77. The van der Waals surface area contributed by atoms with Gasteiger partial charge in [-0.15, -0.1) is 11.8 Å². The van der Waals surface area contributed by atoms with E-state index in [2.05, 4.69) is 46.6 Å². The molecule has 0 radical (unpaired) electrons. The smallest absolute Gasteiger partial charge is 0.234 e. The van der Waals surface area contributed by atoms with Crippen molar-refractivity contribution < 1.29 is 4.79 Å². The zero-order valence-corrected chi connectivity index (χ0v) is 14.7. The van der Waals surface area contributed by atoms with Crippen molar-refractivity contribution in [2.45, 2.75) is 23.8 Å². The SMILES string of the molecule is O=C(CN1CCCC1c1ccccc1)NCCSc1ccccc1. The van der Waals surface area contributed by atoms with Crippen molar-refractivity contribution in [1.82, 2.24) is 10.2 Å². The Morgan fingerprint density at radius 3 is 2.54 bits per heavy atom. The first kappa shape index (κ1) is 17.1. The van der Waals surface area contributed by atoms with Crippen LogP contribution in [0.4, 0.5) is 0 Å². The average molecular weight is 340 g/mol. The van der Waals surface area contributed by atoms with Crippen LogP contribution in [0.25, 0.3) is 0 Å². The summed E-state index contributed by atoms with van der Waals surface area (Å²) in [4.78, 5) is 15.8. The van der Waals surface area contributed by atoms with Gasteiger partial charge in [0.05, 0.1) is 6.54 Å². The minimum Gasteiger partial charge on any atom is -0.354 e. The van der Waals surface area contributed by atoms with Crippen molar-refractivity contribution in [3.05, 3.63) is 66.2 Å². The van der Waals surface area contributed by atoms with Gasteiger partial charge in [-0.05, 0) is 37.1 Å². The van der Waals surface area contributed by atoms with Crippen LogP contribution in [0.3, 0.4) is 0 Å². The van der Waals surface area contributed by atoms with Crippen LogP contribution in [0.1, 0.15) is 24.4 Å². The summed E-state index contributed by atoms with van der Waals surface area (Å²) in [6, 6.07) is 21.2. The summed E-state index contributed by atoms with van der Waals surface area (Å²) in [7, 11) is 0. The van der Waals surface area contributed by atoms with E-state index < -0.39 is 0 Å². The van der Waals surface area contributed by atoms with Crippen LogP contribution in [0, 0.1) is 0 Å². The molecule has 1 aliphatic heterocycles. The van der Waals surface area contributed by atoms with E-state index in [1.165, 1.54) is 10.5 Å². The number of likely N-dealkylation sites (tertiary alicyclic amines) is 1. The van der Waals surface area contributed by atoms with Crippen LogP contribution in [0.15, 0.2) is 65.6 Å². The van der Waals surface area contributed by atoms with E-state index >= 15 is 0 Å². The van der Waals surface area contributed by atoms with Gasteiger partial charge < -0.3 is 5.32 Å². The summed E-state index contributed by atoms with van der Waals surface area (Å²) in [5.74, 6) is 1.03. The van der Waals surface area contributed by atoms with Gasteiger partial charge in [0.2, 0.25) is 5.91 Å². The fourth-order valence-corrected chi connectivity index (χ4v) is 3.97. The van der Waals surface area contributed by atoms with Crippen LogP contribution in [0.2, 0.25) is 0 Å². The Labute approximate surface area is 148 Å². The monoisotopic (exact) mass is 340 g/mol. The molecule has 1 unspecified atom stereocenters. The number of nitrogens with one attached hydrogen (secondary N) is 1. The molecule has 1 heterocycles. The third-order valence-electron chi connectivity index (χ3n) is 4.33. The van der Waals surface area contributed by atoms with Crippen molar-refractivity contribution in [2.75, 3.05) is 25.4 Å². The Morgan fingerprint density at radius 1 is 1.08 bits per heavy atom. The molecule has 0 saturated carbocycles. The van der Waals surface area contributed by atoms with Gasteiger partial charge >= 0.3 is 0 Å².